The molecule has 0 radical (unpaired) electrons. The number of halogens is 1. The highest BCUT2D eigenvalue weighted by molar-refractivity contribution is 7.98. The summed E-state index contributed by atoms with van der Waals surface area (Å²) >= 11 is 4.17. The molecule has 174 valence electrons. The fourth-order valence-corrected chi connectivity index (χ4v) is 4.73. The molecule has 32 heavy (non-hydrogen) atoms. The van der Waals surface area contributed by atoms with E-state index in [0.717, 1.165) is 11.3 Å². The van der Waals surface area contributed by atoms with Gasteiger partial charge in [-0.1, -0.05) is 0 Å². The maximum absolute atomic E-state index is 13.2. The average molecular weight is 500 g/mol. The number of aryl methyl sites for hydroxylation is 1. The third kappa shape index (κ3) is 7.49. The Kier molecular flexibility index (Phi) is 10.5. The van der Waals surface area contributed by atoms with Gasteiger partial charge in [0, 0.05) is 5.56 Å². The zero-order valence-corrected chi connectivity index (χ0v) is 20.5. The topological polar surface area (TPSA) is 108 Å². The van der Waals surface area contributed by atoms with E-state index in [1.54, 1.807) is 19.1 Å². The summed E-state index contributed by atoms with van der Waals surface area (Å²) in [5.41, 5.74) is 1.19. The minimum absolute atomic E-state index is 0.292. The first-order valence-electron chi connectivity index (χ1n) is 9.82. The lowest BCUT2D eigenvalue weighted by atomic mass is 10.1. The Morgan fingerprint density at radius 3 is 2.22 bits per heavy atom. The van der Waals surface area contributed by atoms with Gasteiger partial charge in [-0.3, -0.25) is 9.59 Å². The van der Waals surface area contributed by atoms with Gasteiger partial charge >= 0.3 is 5.97 Å². The van der Waals surface area contributed by atoms with Crippen LogP contribution < -0.4 is 10.6 Å². The number of nitrogens with one attached hydrogen (secondary N) is 2. The molecule has 1 heterocycles. The fourth-order valence-electron chi connectivity index (χ4n) is 2.82. The fraction of sp³-hybridized carbons (Fsp3) is 0.429. The summed E-state index contributed by atoms with van der Waals surface area (Å²) in [7, 11) is 0. The molecule has 0 saturated heterocycles. The van der Waals surface area contributed by atoms with Crippen LogP contribution in [-0.4, -0.2) is 64.0 Å². The Morgan fingerprint density at radius 2 is 1.66 bits per heavy atom. The molecule has 0 bridgehead atoms. The number of carboxylic acids is 1. The van der Waals surface area contributed by atoms with E-state index >= 15 is 0 Å². The molecular formula is C21H26FN3O4S3. The van der Waals surface area contributed by atoms with Crippen LogP contribution in [0.3, 0.4) is 0 Å². The van der Waals surface area contributed by atoms with Crippen LogP contribution in [-0.2, 0) is 9.59 Å². The molecular weight excluding hydrogens is 473 g/mol. The van der Waals surface area contributed by atoms with Crippen molar-refractivity contribution in [2.24, 2.45) is 0 Å². The number of carbonyl (C=O) groups excluding carboxylic acids is 2. The number of nitrogens with zero attached hydrogens (tertiary/aromatic N) is 1. The van der Waals surface area contributed by atoms with Crippen LogP contribution in [0.1, 0.15) is 28.2 Å². The zero-order chi connectivity index (χ0) is 23.7. The predicted octanol–water partition coefficient (Wildman–Crippen LogP) is 3.43. The second-order valence-corrected chi connectivity index (χ2v) is 9.90. The lowest BCUT2D eigenvalue weighted by Gasteiger charge is -2.21. The second-order valence-electron chi connectivity index (χ2n) is 6.93. The van der Waals surface area contributed by atoms with E-state index in [1.165, 1.54) is 35.7 Å². The molecule has 2 amide bonds. The highest BCUT2D eigenvalue weighted by atomic mass is 32.2. The number of hydrogen-bond donors (Lipinski definition) is 3. The quantitative estimate of drug-likeness (QED) is 0.411. The maximum atomic E-state index is 13.2. The van der Waals surface area contributed by atoms with Crippen molar-refractivity contribution >= 4 is 52.6 Å². The first kappa shape index (κ1) is 26.1. The zero-order valence-electron chi connectivity index (χ0n) is 18.0. The Balaban J connectivity index is 2.15. The van der Waals surface area contributed by atoms with Crippen molar-refractivity contribution in [3.63, 3.8) is 0 Å². The van der Waals surface area contributed by atoms with Gasteiger partial charge < -0.3 is 15.7 Å². The van der Waals surface area contributed by atoms with Gasteiger partial charge in [-0.15, -0.1) is 11.3 Å². The number of thioether (sulfide) groups is 2. The number of aliphatic carboxylic acids is 1. The van der Waals surface area contributed by atoms with E-state index in [0.29, 0.717) is 45.5 Å². The van der Waals surface area contributed by atoms with Crippen LogP contribution in [0.2, 0.25) is 0 Å². The molecule has 0 aliphatic heterocycles. The molecule has 1 aromatic heterocycles. The largest absolute Gasteiger partial charge is 0.480 e. The van der Waals surface area contributed by atoms with Gasteiger partial charge in [-0.25, -0.2) is 14.2 Å². The third-order valence-corrected chi connectivity index (χ3v) is 7.04. The number of thiazole rings is 1. The highest BCUT2D eigenvalue weighted by Crippen LogP contribution is 2.28. The number of carbonyl (C=O) groups is 3. The molecule has 3 N–H and O–H groups in total. The van der Waals surface area contributed by atoms with Crippen LogP contribution in [0.25, 0.3) is 10.6 Å². The van der Waals surface area contributed by atoms with Gasteiger partial charge in [0.2, 0.25) is 5.91 Å². The smallest absolute Gasteiger partial charge is 0.326 e. The number of hydrogen-bond acceptors (Lipinski definition) is 7. The predicted molar refractivity (Wildman–Crippen MR) is 129 cm³/mol. The Hall–Kier alpha value is -2.11. The molecule has 0 saturated carbocycles. The van der Waals surface area contributed by atoms with Crippen molar-refractivity contribution in [1.29, 1.82) is 0 Å². The minimum Gasteiger partial charge on any atom is -0.480 e. The van der Waals surface area contributed by atoms with Gasteiger partial charge in [0.15, 0.2) is 0 Å². The maximum Gasteiger partial charge on any atom is 0.326 e. The molecule has 0 aliphatic carbocycles. The average Bonchev–Trinajstić information content (AvgIpc) is 3.15. The van der Waals surface area contributed by atoms with Crippen LogP contribution in [0.5, 0.6) is 0 Å². The Labute approximate surface area is 199 Å². The summed E-state index contributed by atoms with van der Waals surface area (Å²) in [6, 6.07) is 3.94. The van der Waals surface area contributed by atoms with Crippen molar-refractivity contribution in [1.82, 2.24) is 15.6 Å². The van der Waals surface area contributed by atoms with Crippen LogP contribution in [0.15, 0.2) is 24.3 Å². The molecule has 7 nitrogen and oxygen atoms in total. The van der Waals surface area contributed by atoms with E-state index < -0.39 is 29.9 Å². The van der Waals surface area contributed by atoms with E-state index in [2.05, 4.69) is 15.6 Å². The van der Waals surface area contributed by atoms with Crippen molar-refractivity contribution in [2.45, 2.75) is 31.8 Å². The Bertz CT molecular complexity index is 937. The van der Waals surface area contributed by atoms with E-state index in [4.69, 9.17) is 0 Å². The summed E-state index contributed by atoms with van der Waals surface area (Å²) in [4.78, 5) is 41.9. The normalized spacial score (nSPS) is 12.8. The summed E-state index contributed by atoms with van der Waals surface area (Å²) in [6.45, 7) is 1.69. The van der Waals surface area contributed by atoms with Gasteiger partial charge in [-0.05, 0) is 68.0 Å². The summed E-state index contributed by atoms with van der Waals surface area (Å²) in [6.07, 6.45) is 4.40. The van der Waals surface area contributed by atoms with Crippen LogP contribution in [0.4, 0.5) is 4.39 Å². The first-order valence-corrected chi connectivity index (χ1v) is 13.4. The van der Waals surface area contributed by atoms with Crippen molar-refractivity contribution in [3.05, 3.63) is 40.7 Å². The number of amides is 2. The lowest BCUT2D eigenvalue weighted by Crippen LogP contribution is -2.52. The molecule has 2 aromatic rings. The van der Waals surface area contributed by atoms with Gasteiger partial charge in [0.05, 0.1) is 5.69 Å². The Morgan fingerprint density at radius 1 is 1.06 bits per heavy atom. The van der Waals surface area contributed by atoms with Crippen molar-refractivity contribution < 1.29 is 23.9 Å². The third-order valence-electron chi connectivity index (χ3n) is 4.55. The minimum atomic E-state index is -1.11. The summed E-state index contributed by atoms with van der Waals surface area (Å²) < 4.78 is 13.2. The molecule has 0 aliphatic rings. The molecule has 1 aromatic carbocycles. The lowest BCUT2D eigenvalue weighted by molar-refractivity contribution is -0.142. The molecule has 2 unspecified atom stereocenters. The molecule has 2 rings (SSSR count). The first-order chi connectivity index (χ1) is 15.3. The van der Waals surface area contributed by atoms with Crippen molar-refractivity contribution in [3.8, 4) is 10.6 Å². The molecule has 0 spiro atoms. The van der Waals surface area contributed by atoms with Crippen LogP contribution in [0, 0.1) is 12.7 Å². The van der Waals surface area contributed by atoms with Gasteiger partial charge in [0.25, 0.3) is 5.91 Å². The standard InChI is InChI=1S/C21H26FN3O4S3/c1-12-17(32-20(23-12)13-4-6-14(22)7-5-13)19(27)24-15(8-10-30-2)18(26)25-16(21(28)29)9-11-31-3/h4-7,15-16H,8-11H2,1-3H3,(H,24,27)(H,25,26)(H,28,29). The van der Waals surface area contributed by atoms with E-state index in [9.17, 15) is 23.9 Å². The van der Waals surface area contributed by atoms with E-state index in [1.807, 2.05) is 12.5 Å². The van der Waals surface area contributed by atoms with Crippen molar-refractivity contribution in [2.75, 3.05) is 24.0 Å². The SMILES string of the molecule is CSCCC(NC(=O)C(CCSC)NC(=O)c1sc(-c2ccc(F)cc2)nc1C)C(=O)O. The number of aromatic nitrogens is 1. The number of benzene rings is 1. The monoisotopic (exact) mass is 499 g/mol. The summed E-state index contributed by atoms with van der Waals surface area (Å²) in [5.74, 6) is -1.24. The van der Waals surface area contributed by atoms with Crippen LogP contribution >= 0.6 is 34.9 Å². The molecule has 0 fully saturated rings. The van der Waals surface area contributed by atoms with E-state index in [-0.39, 0.29) is 5.82 Å². The van der Waals surface area contributed by atoms with Gasteiger partial charge in [-0.2, -0.15) is 23.5 Å². The molecule has 11 heteroatoms. The summed E-state index contributed by atoms with van der Waals surface area (Å²) in [5, 5.41) is 15.2. The molecule has 2 atom stereocenters. The number of rotatable bonds is 12. The highest BCUT2D eigenvalue weighted by Gasteiger charge is 2.27. The number of carboxylic acid groups (broad SMARTS) is 1. The van der Waals surface area contributed by atoms with Gasteiger partial charge in [0.1, 0.15) is 27.8 Å². The second kappa shape index (κ2) is 12.8.